The molecule has 0 saturated carbocycles. The zero-order valence-electron chi connectivity index (χ0n) is 22.5. The van der Waals surface area contributed by atoms with Crippen LogP contribution < -0.4 is 10.1 Å². The van der Waals surface area contributed by atoms with Crippen LogP contribution in [-0.4, -0.2) is 17.4 Å². The van der Waals surface area contributed by atoms with Crippen molar-refractivity contribution in [2.45, 2.75) is 30.2 Å². The normalized spacial score (nSPS) is 23.7. The molecule has 2 saturated heterocycles. The number of para-hydroxylation sites is 2. The van der Waals surface area contributed by atoms with Crippen molar-refractivity contribution >= 4 is 17.2 Å². The van der Waals surface area contributed by atoms with Crippen LogP contribution in [-0.2, 0) is 9.68 Å². The number of anilines is 2. The minimum Gasteiger partial charge on any atom is -0.291 e. The SMILES string of the molecule is O=C(c1ccccc1)C1C[C@@]2([C@H](c3ccccc3)N(c3ccccc3)O[C@H]2c2ccccc2)N(c2ccccc2)O1. The lowest BCUT2D eigenvalue weighted by Crippen LogP contribution is -2.51. The first-order valence-corrected chi connectivity index (χ1v) is 14.0. The van der Waals surface area contributed by atoms with Gasteiger partial charge in [-0.3, -0.25) is 14.5 Å². The van der Waals surface area contributed by atoms with Crippen LogP contribution in [0.5, 0.6) is 0 Å². The molecule has 0 amide bonds. The summed E-state index contributed by atoms with van der Waals surface area (Å²) in [6.45, 7) is 0. The van der Waals surface area contributed by atoms with Gasteiger partial charge in [0.25, 0.3) is 0 Å². The second-order valence-electron chi connectivity index (χ2n) is 10.5. The van der Waals surface area contributed by atoms with Crippen LogP contribution in [0, 0.1) is 0 Å². The lowest BCUT2D eigenvalue weighted by Gasteiger charge is -2.41. The Bertz CT molecular complexity index is 1600. The molecule has 1 unspecified atom stereocenters. The number of hydrogen-bond acceptors (Lipinski definition) is 5. The maximum atomic E-state index is 14.0. The molecule has 1 spiro atoms. The number of ketones is 1. The molecule has 0 aliphatic carbocycles. The number of hydroxylamine groups is 2. The number of carbonyl (C=O) groups is 1. The van der Waals surface area contributed by atoms with E-state index >= 15 is 0 Å². The molecule has 2 aliphatic rings. The minimum atomic E-state index is -0.797. The average molecular weight is 539 g/mol. The molecule has 0 radical (unpaired) electrons. The van der Waals surface area contributed by atoms with Gasteiger partial charge in [-0.2, -0.15) is 0 Å². The lowest BCUT2D eigenvalue weighted by atomic mass is 9.74. The predicted molar refractivity (Wildman–Crippen MR) is 160 cm³/mol. The fraction of sp³-hybridized carbons (Fsp3) is 0.139. The molecule has 0 bridgehead atoms. The van der Waals surface area contributed by atoms with E-state index in [1.165, 1.54) is 0 Å². The Kier molecular flexibility index (Phi) is 6.59. The molecule has 0 N–H and O–H groups in total. The molecule has 5 heteroatoms. The maximum absolute atomic E-state index is 14.0. The van der Waals surface area contributed by atoms with Gasteiger partial charge in [-0.05, 0) is 35.4 Å². The Morgan fingerprint density at radius 1 is 0.585 bits per heavy atom. The van der Waals surface area contributed by atoms with E-state index in [-0.39, 0.29) is 11.8 Å². The van der Waals surface area contributed by atoms with E-state index in [2.05, 4.69) is 48.5 Å². The van der Waals surface area contributed by atoms with Crippen LogP contribution in [0.25, 0.3) is 0 Å². The van der Waals surface area contributed by atoms with Crippen molar-refractivity contribution in [3.05, 3.63) is 168 Å². The Balaban J connectivity index is 1.47. The average Bonchev–Trinajstić information content (AvgIpc) is 3.62. The second kappa shape index (κ2) is 10.7. The van der Waals surface area contributed by atoms with Crippen LogP contribution in [0.2, 0.25) is 0 Å². The summed E-state index contributed by atoms with van der Waals surface area (Å²) in [7, 11) is 0. The summed E-state index contributed by atoms with van der Waals surface area (Å²) < 4.78 is 0. The highest BCUT2D eigenvalue weighted by atomic mass is 16.7. The van der Waals surface area contributed by atoms with Gasteiger partial charge in [0.1, 0.15) is 17.7 Å². The predicted octanol–water partition coefficient (Wildman–Crippen LogP) is 7.75. The van der Waals surface area contributed by atoms with Crippen LogP contribution in [0.3, 0.4) is 0 Å². The van der Waals surface area contributed by atoms with Gasteiger partial charge in [-0.15, -0.1) is 0 Å². The summed E-state index contributed by atoms with van der Waals surface area (Å²) in [5.41, 5.74) is 3.74. The fourth-order valence-corrected chi connectivity index (χ4v) is 6.31. The number of hydrogen-bond donors (Lipinski definition) is 0. The highest BCUT2D eigenvalue weighted by Gasteiger charge is 2.66. The molecule has 5 aromatic rings. The molecular weight excluding hydrogens is 508 g/mol. The lowest BCUT2D eigenvalue weighted by molar-refractivity contribution is 0.0353. The third-order valence-electron chi connectivity index (χ3n) is 8.07. The van der Waals surface area contributed by atoms with E-state index in [1.807, 2.05) is 113 Å². The van der Waals surface area contributed by atoms with Crippen molar-refractivity contribution < 1.29 is 14.5 Å². The Morgan fingerprint density at radius 3 is 1.66 bits per heavy atom. The fourth-order valence-electron chi connectivity index (χ4n) is 6.31. The Hall–Kier alpha value is -4.71. The Morgan fingerprint density at radius 2 is 1.07 bits per heavy atom. The van der Waals surface area contributed by atoms with E-state index in [9.17, 15) is 4.79 Å². The van der Waals surface area contributed by atoms with E-state index < -0.39 is 17.7 Å². The third-order valence-corrected chi connectivity index (χ3v) is 8.07. The van der Waals surface area contributed by atoms with Gasteiger partial charge in [-0.1, -0.05) is 127 Å². The molecule has 0 aromatic heterocycles. The van der Waals surface area contributed by atoms with Crippen molar-refractivity contribution in [3.63, 3.8) is 0 Å². The van der Waals surface area contributed by atoms with Crippen molar-refractivity contribution in [1.29, 1.82) is 0 Å². The standard InChI is InChI=1S/C36H30N2O3/c39-33(27-16-6-1-7-17-27)32-26-36(38(40-32)31-24-14-5-15-25-31)34(28-18-8-2-9-19-28)37(30-22-12-4-13-23-30)41-35(36)29-20-10-3-11-21-29/h1-25,32,34-35H,26H2/t32?,34-,35-,36-/m0/s1. The number of rotatable bonds is 6. The van der Waals surface area contributed by atoms with E-state index in [4.69, 9.17) is 9.68 Å². The van der Waals surface area contributed by atoms with Gasteiger partial charge in [0.15, 0.2) is 11.9 Å². The molecule has 5 nitrogen and oxygen atoms in total. The van der Waals surface area contributed by atoms with Crippen molar-refractivity contribution in [2.24, 2.45) is 0 Å². The molecule has 5 aromatic carbocycles. The van der Waals surface area contributed by atoms with E-state index in [0.717, 1.165) is 22.5 Å². The van der Waals surface area contributed by atoms with Gasteiger partial charge in [0, 0.05) is 12.0 Å². The van der Waals surface area contributed by atoms with Gasteiger partial charge in [0.2, 0.25) is 0 Å². The zero-order valence-corrected chi connectivity index (χ0v) is 22.5. The smallest absolute Gasteiger partial charge is 0.194 e. The molecule has 202 valence electrons. The van der Waals surface area contributed by atoms with Gasteiger partial charge < -0.3 is 0 Å². The van der Waals surface area contributed by atoms with Crippen LogP contribution >= 0.6 is 0 Å². The van der Waals surface area contributed by atoms with Crippen molar-refractivity contribution in [1.82, 2.24) is 0 Å². The largest absolute Gasteiger partial charge is 0.291 e. The highest BCUT2D eigenvalue weighted by Crippen LogP contribution is 2.60. The van der Waals surface area contributed by atoms with Crippen LogP contribution in [0.4, 0.5) is 11.4 Å². The van der Waals surface area contributed by atoms with Gasteiger partial charge in [0.05, 0.1) is 11.4 Å². The maximum Gasteiger partial charge on any atom is 0.194 e. The highest BCUT2D eigenvalue weighted by molar-refractivity contribution is 6.00. The monoisotopic (exact) mass is 538 g/mol. The number of benzene rings is 5. The summed E-state index contributed by atoms with van der Waals surface area (Å²) in [5.74, 6) is -0.0415. The van der Waals surface area contributed by atoms with Crippen LogP contribution in [0.1, 0.15) is 40.1 Å². The zero-order chi connectivity index (χ0) is 27.6. The number of Topliss-reactive ketones (excluding diaryl/α,β-unsaturated/α-hetero) is 1. The number of carbonyl (C=O) groups excluding carboxylic acids is 1. The first kappa shape index (κ1) is 25.3. The molecule has 2 heterocycles. The van der Waals surface area contributed by atoms with E-state index in [0.29, 0.717) is 12.0 Å². The summed E-state index contributed by atoms with van der Waals surface area (Å²) in [5, 5.41) is 3.98. The summed E-state index contributed by atoms with van der Waals surface area (Å²) in [4.78, 5) is 27.8. The molecule has 41 heavy (non-hydrogen) atoms. The first-order chi connectivity index (χ1) is 20.3. The van der Waals surface area contributed by atoms with Gasteiger partial charge >= 0.3 is 0 Å². The van der Waals surface area contributed by atoms with Crippen molar-refractivity contribution in [2.75, 3.05) is 10.1 Å². The van der Waals surface area contributed by atoms with E-state index in [1.54, 1.807) is 0 Å². The van der Waals surface area contributed by atoms with Gasteiger partial charge in [-0.25, -0.2) is 10.1 Å². The van der Waals surface area contributed by atoms with Crippen molar-refractivity contribution in [3.8, 4) is 0 Å². The molecule has 2 fully saturated rings. The summed E-state index contributed by atoms with van der Waals surface area (Å²) >= 11 is 0. The first-order valence-electron chi connectivity index (χ1n) is 14.0. The topological polar surface area (TPSA) is 42.0 Å². The molecular formula is C36H30N2O3. The molecule has 4 atom stereocenters. The number of nitrogens with zero attached hydrogens (tertiary/aromatic N) is 2. The molecule has 2 aliphatic heterocycles. The minimum absolute atomic E-state index is 0.0415. The van der Waals surface area contributed by atoms with Crippen LogP contribution in [0.15, 0.2) is 152 Å². The summed E-state index contributed by atoms with van der Waals surface area (Å²) in [6, 6.07) is 50.0. The quantitative estimate of drug-likeness (QED) is 0.207. The second-order valence-corrected chi connectivity index (χ2v) is 10.5. The Labute approximate surface area is 240 Å². The summed E-state index contributed by atoms with van der Waals surface area (Å²) in [6.07, 6.45) is -0.713. The third kappa shape index (κ3) is 4.40. The molecule has 7 rings (SSSR count).